The van der Waals surface area contributed by atoms with E-state index in [0.717, 1.165) is 24.5 Å². The number of rotatable bonds is 1. The molecule has 1 fully saturated rings. The lowest BCUT2D eigenvalue weighted by Crippen LogP contribution is -2.04. The quantitative estimate of drug-likeness (QED) is 0.629. The van der Waals surface area contributed by atoms with Crippen molar-refractivity contribution in [2.75, 3.05) is 0 Å². The molecule has 0 bridgehead atoms. The molecule has 69 valence electrons. The van der Waals surface area contributed by atoms with Crippen molar-refractivity contribution in [3.05, 3.63) is 35.4 Å². The molecule has 0 N–H and O–H groups in total. The monoisotopic (exact) mass is 185 g/mol. The van der Waals surface area contributed by atoms with Gasteiger partial charge >= 0.3 is 6.18 Å². The molecule has 0 aliphatic heterocycles. The molecule has 1 aromatic carbocycles. The van der Waals surface area contributed by atoms with E-state index in [-0.39, 0.29) is 0 Å². The summed E-state index contributed by atoms with van der Waals surface area (Å²) in [6, 6.07) is 6.41. The first kappa shape index (κ1) is 8.60. The lowest BCUT2D eigenvalue weighted by Gasteiger charge is -2.07. The van der Waals surface area contributed by atoms with Crippen molar-refractivity contribution < 1.29 is 13.2 Å². The van der Waals surface area contributed by atoms with Crippen LogP contribution in [0, 0.1) is 6.07 Å². The van der Waals surface area contributed by atoms with Crippen molar-refractivity contribution in [1.29, 1.82) is 0 Å². The summed E-state index contributed by atoms with van der Waals surface area (Å²) >= 11 is 0. The van der Waals surface area contributed by atoms with Crippen LogP contribution in [0.5, 0.6) is 0 Å². The van der Waals surface area contributed by atoms with Gasteiger partial charge in [0.05, 0.1) is 5.56 Å². The number of hydrogen-bond donors (Lipinski definition) is 0. The first-order chi connectivity index (χ1) is 6.07. The van der Waals surface area contributed by atoms with E-state index in [9.17, 15) is 13.2 Å². The van der Waals surface area contributed by atoms with E-state index < -0.39 is 11.7 Å². The van der Waals surface area contributed by atoms with Crippen LogP contribution >= 0.6 is 0 Å². The van der Waals surface area contributed by atoms with E-state index in [1.165, 1.54) is 6.07 Å². The van der Waals surface area contributed by atoms with Gasteiger partial charge in [-0.2, -0.15) is 13.2 Å². The van der Waals surface area contributed by atoms with E-state index in [1.54, 1.807) is 6.07 Å². The molecular weight excluding hydrogens is 177 g/mol. The number of alkyl halides is 3. The summed E-state index contributed by atoms with van der Waals surface area (Å²) < 4.78 is 36.7. The van der Waals surface area contributed by atoms with Crippen LogP contribution in [0.4, 0.5) is 13.2 Å². The third-order valence-corrected chi connectivity index (χ3v) is 2.19. The van der Waals surface area contributed by atoms with Crippen LogP contribution in [-0.2, 0) is 6.18 Å². The first-order valence-electron chi connectivity index (χ1n) is 4.15. The van der Waals surface area contributed by atoms with Gasteiger partial charge < -0.3 is 0 Å². The van der Waals surface area contributed by atoms with E-state index in [0.29, 0.717) is 5.92 Å². The molecule has 0 saturated heterocycles. The Hall–Kier alpha value is -0.990. The summed E-state index contributed by atoms with van der Waals surface area (Å²) in [6.07, 6.45) is -2.22. The third kappa shape index (κ3) is 1.85. The minimum Gasteiger partial charge on any atom is -0.166 e. The standard InChI is InChI=1S/C10H8F3/c11-10(12,13)9-3-1-2-8(6-9)7-4-5-7/h2-3,6-7H,4-5H2. The van der Waals surface area contributed by atoms with Crippen molar-refractivity contribution in [2.24, 2.45) is 0 Å². The van der Waals surface area contributed by atoms with Crippen molar-refractivity contribution in [2.45, 2.75) is 24.9 Å². The number of hydrogen-bond acceptors (Lipinski definition) is 0. The second-order valence-corrected chi connectivity index (χ2v) is 3.33. The average Bonchev–Trinajstić information content (AvgIpc) is 2.85. The molecule has 1 radical (unpaired) electrons. The van der Waals surface area contributed by atoms with Gasteiger partial charge in [-0.3, -0.25) is 0 Å². The predicted molar refractivity (Wildman–Crippen MR) is 42.3 cm³/mol. The maximum absolute atomic E-state index is 12.2. The molecule has 0 nitrogen and oxygen atoms in total. The van der Waals surface area contributed by atoms with Gasteiger partial charge in [-0.25, -0.2) is 0 Å². The van der Waals surface area contributed by atoms with Gasteiger partial charge in [0.2, 0.25) is 0 Å². The zero-order chi connectivity index (χ0) is 9.47. The van der Waals surface area contributed by atoms with Gasteiger partial charge in [-0.1, -0.05) is 6.07 Å². The van der Waals surface area contributed by atoms with Gasteiger partial charge in [0.15, 0.2) is 0 Å². The van der Waals surface area contributed by atoms with E-state index >= 15 is 0 Å². The van der Waals surface area contributed by atoms with Crippen molar-refractivity contribution in [1.82, 2.24) is 0 Å². The lowest BCUT2D eigenvalue weighted by atomic mass is 10.1. The fourth-order valence-electron chi connectivity index (χ4n) is 1.31. The highest BCUT2D eigenvalue weighted by Crippen LogP contribution is 2.41. The molecule has 1 aliphatic carbocycles. The van der Waals surface area contributed by atoms with E-state index in [4.69, 9.17) is 0 Å². The van der Waals surface area contributed by atoms with Gasteiger partial charge in [0, 0.05) is 0 Å². The Morgan fingerprint density at radius 3 is 2.46 bits per heavy atom. The molecule has 0 aromatic heterocycles. The number of halogens is 3. The second kappa shape index (κ2) is 2.76. The maximum atomic E-state index is 12.2. The minimum atomic E-state index is -4.23. The maximum Gasteiger partial charge on any atom is 0.416 e. The van der Waals surface area contributed by atoms with Gasteiger partial charge in [0.1, 0.15) is 0 Å². The van der Waals surface area contributed by atoms with Gasteiger partial charge in [-0.15, -0.1) is 0 Å². The summed E-state index contributed by atoms with van der Waals surface area (Å²) in [5, 5.41) is 0. The Bertz CT molecular complexity index is 310. The van der Waals surface area contributed by atoms with E-state index in [2.05, 4.69) is 6.07 Å². The predicted octanol–water partition coefficient (Wildman–Crippen LogP) is 3.38. The zero-order valence-electron chi connectivity index (χ0n) is 6.86. The van der Waals surface area contributed by atoms with Crippen molar-refractivity contribution in [3.63, 3.8) is 0 Å². The minimum absolute atomic E-state index is 0.346. The molecule has 1 saturated carbocycles. The SMILES string of the molecule is FC(F)(F)c1c[c]cc(C2CC2)c1. The highest BCUT2D eigenvalue weighted by molar-refractivity contribution is 5.29. The number of benzene rings is 1. The van der Waals surface area contributed by atoms with Crippen LogP contribution in [-0.4, -0.2) is 0 Å². The molecular formula is C10H8F3. The Labute approximate surface area is 74.4 Å². The van der Waals surface area contributed by atoms with E-state index in [1.807, 2.05) is 0 Å². The Morgan fingerprint density at radius 1 is 1.23 bits per heavy atom. The fraction of sp³-hybridized carbons (Fsp3) is 0.400. The van der Waals surface area contributed by atoms with Crippen LogP contribution in [0.25, 0.3) is 0 Å². The Morgan fingerprint density at radius 2 is 1.92 bits per heavy atom. The van der Waals surface area contributed by atoms with Crippen LogP contribution in [0.3, 0.4) is 0 Å². The molecule has 1 aliphatic rings. The molecule has 2 rings (SSSR count). The van der Waals surface area contributed by atoms with Crippen molar-refractivity contribution in [3.8, 4) is 0 Å². The third-order valence-electron chi connectivity index (χ3n) is 2.19. The van der Waals surface area contributed by atoms with Gasteiger partial charge in [-0.05, 0) is 42.5 Å². The Kier molecular flexibility index (Phi) is 1.82. The molecule has 13 heavy (non-hydrogen) atoms. The summed E-state index contributed by atoms with van der Waals surface area (Å²) in [5.74, 6) is 0.346. The summed E-state index contributed by atoms with van der Waals surface area (Å²) in [4.78, 5) is 0. The molecule has 0 unspecified atom stereocenters. The Balaban J connectivity index is 2.32. The topological polar surface area (TPSA) is 0 Å². The summed E-state index contributed by atoms with van der Waals surface area (Å²) in [7, 11) is 0. The summed E-state index contributed by atoms with van der Waals surface area (Å²) in [6.45, 7) is 0. The largest absolute Gasteiger partial charge is 0.416 e. The smallest absolute Gasteiger partial charge is 0.166 e. The van der Waals surface area contributed by atoms with Crippen LogP contribution < -0.4 is 0 Å². The molecule has 0 spiro atoms. The molecule has 3 heteroatoms. The highest BCUT2D eigenvalue weighted by atomic mass is 19.4. The molecule has 1 aromatic rings. The second-order valence-electron chi connectivity index (χ2n) is 3.33. The molecule has 0 heterocycles. The van der Waals surface area contributed by atoms with Crippen LogP contribution in [0.15, 0.2) is 18.2 Å². The lowest BCUT2D eigenvalue weighted by molar-refractivity contribution is -0.137. The average molecular weight is 185 g/mol. The molecule has 0 amide bonds. The normalized spacial score (nSPS) is 17.5. The van der Waals surface area contributed by atoms with Crippen molar-refractivity contribution >= 4 is 0 Å². The van der Waals surface area contributed by atoms with Crippen LogP contribution in [0.2, 0.25) is 0 Å². The van der Waals surface area contributed by atoms with Crippen LogP contribution in [0.1, 0.15) is 29.9 Å². The highest BCUT2D eigenvalue weighted by Gasteiger charge is 2.32. The zero-order valence-corrected chi connectivity index (χ0v) is 6.86. The fourth-order valence-corrected chi connectivity index (χ4v) is 1.31. The first-order valence-corrected chi connectivity index (χ1v) is 4.15. The summed E-state index contributed by atoms with van der Waals surface area (Å²) in [5.41, 5.74) is 0.187. The molecule has 0 atom stereocenters. The van der Waals surface area contributed by atoms with Gasteiger partial charge in [0.25, 0.3) is 0 Å².